The molecule has 0 aromatic rings. The van der Waals surface area contributed by atoms with Gasteiger partial charge in [-0.25, -0.2) is 0 Å². The number of carboxylic acids is 2. The first-order valence-electron chi connectivity index (χ1n) is 6.68. The Morgan fingerprint density at radius 3 is 1.43 bits per heavy atom. The molecule has 2 amide bonds. The van der Waals surface area contributed by atoms with Crippen LogP contribution in [0.2, 0.25) is 0 Å². The average molecular weight is 553 g/mol. The molecule has 23 heavy (non-hydrogen) atoms. The third-order valence-corrected chi connectivity index (χ3v) is 6.74. The summed E-state index contributed by atoms with van der Waals surface area (Å²) < 4.78 is 0. The SMILES string of the molecule is O=C([O-])C1CN2C(=O)C[C@H]2S1.O=C([O-])C1CN2C(=O)C[C@H]2S1.[Bi+2]. The van der Waals surface area contributed by atoms with Crippen LogP contribution < -0.4 is 10.2 Å². The molecule has 0 aliphatic carbocycles. The third kappa shape index (κ3) is 3.61. The molecule has 4 saturated heterocycles. The molecule has 4 fully saturated rings. The molecule has 0 saturated carbocycles. The zero-order valence-electron chi connectivity index (χ0n) is 11.7. The van der Waals surface area contributed by atoms with Crippen LogP contribution in [-0.2, 0) is 19.2 Å². The molecule has 123 valence electrons. The molecule has 4 aliphatic rings. The van der Waals surface area contributed by atoms with E-state index in [0.29, 0.717) is 25.9 Å². The van der Waals surface area contributed by atoms with E-state index in [1.165, 1.54) is 23.5 Å². The van der Waals surface area contributed by atoms with Gasteiger partial charge in [-0.05, 0) is 0 Å². The third-order valence-electron chi connectivity index (χ3n) is 3.93. The van der Waals surface area contributed by atoms with Crippen molar-refractivity contribution in [1.82, 2.24) is 9.80 Å². The zero-order chi connectivity index (χ0) is 16.0. The van der Waals surface area contributed by atoms with Crippen molar-refractivity contribution < 1.29 is 29.4 Å². The summed E-state index contributed by atoms with van der Waals surface area (Å²) in [6.07, 6.45) is 0.989. The van der Waals surface area contributed by atoms with Gasteiger partial charge in [-0.1, -0.05) is 0 Å². The molecule has 0 N–H and O–H groups in total. The van der Waals surface area contributed by atoms with Crippen molar-refractivity contribution in [3.05, 3.63) is 0 Å². The Morgan fingerprint density at radius 2 is 1.22 bits per heavy atom. The number of carbonyl (C=O) groups is 4. The second-order valence-electron chi connectivity index (χ2n) is 5.30. The molecule has 0 aromatic heterocycles. The maximum absolute atomic E-state index is 10.8. The molecule has 0 aromatic carbocycles. The number of thioether (sulfide) groups is 2. The molecule has 11 heteroatoms. The van der Waals surface area contributed by atoms with Gasteiger partial charge in [-0.3, -0.25) is 9.59 Å². The minimum absolute atomic E-state index is 0. The number of rotatable bonds is 2. The number of amides is 2. The van der Waals surface area contributed by atoms with Gasteiger partial charge in [-0.15, -0.1) is 23.5 Å². The van der Waals surface area contributed by atoms with E-state index in [0.717, 1.165) is 0 Å². The van der Waals surface area contributed by atoms with Crippen LogP contribution >= 0.6 is 23.5 Å². The van der Waals surface area contributed by atoms with Crippen molar-refractivity contribution in [2.24, 2.45) is 0 Å². The molecule has 2 unspecified atom stereocenters. The molecule has 4 aliphatic heterocycles. The van der Waals surface area contributed by atoms with E-state index in [4.69, 9.17) is 0 Å². The number of hydrogen-bond donors (Lipinski definition) is 0. The van der Waals surface area contributed by atoms with Gasteiger partial charge < -0.3 is 29.6 Å². The number of hydrogen-bond acceptors (Lipinski definition) is 8. The van der Waals surface area contributed by atoms with Crippen LogP contribution in [0.5, 0.6) is 0 Å². The van der Waals surface area contributed by atoms with Crippen LogP contribution in [0, 0.1) is 0 Å². The smallest absolute Gasteiger partial charge is 0.549 e. The Kier molecular flexibility index (Phi) is 5.84. The van der Waals surface area contributed by atoms with Gasteiger partial charge in [0.25, 0.3) is 0 Å². The van der Waals surface area contributed by atoms with Crippen molar-refractivity contribution in [1.29, 1.82) is 0 Å². The Labute approximate surface area is 159 Å². The van der Waals surface area contributed by atoms with Crippen molar-refractivity contribution in [3.63, 3.8) is 0 Å². The van der Waals surface area contributed by atoms with E-state index in [1.54, 1.807) is 9.80 Å². The van der Waals surface area contributed by atoms with Gasteiger partial charge in [-0.2, -0.15) is 0 Å². The number of β-lactam (4-membered cyclic amide) rings is 2. The molecule has 3 radical (unpaired) electrons. The summed E-state index contributed by atoms with van der Waals surface area (Å²) in [5.41, 5.74) is 0. The standard InChI is InChI=1S/2C6H7NO3S.Bi/c2*8-4-1-5-7(4)2-3(11-5)6(9)10;/h2*3,5H,1-2H2,(H,9,10);/q;;+2/p-2/t2*3?,5-;/m11./s1. The van der Waals surface area contributed by atoms with Crippen LogP contribution in [0.15, 0.2) is 0 Å². The molecule has 8 nitrogen and oxygen atoms in total. The first-order valence-corrected chi connectivity index (χ1v) is 8.57. The number of carbonyl (C=O) groups excluding carboxylic acids is 4. The van der Waals surface area contributed by atoms with Gasteiger partial charge in [0.15, 0.2) is 0 Å². The first kappa shape index (κ1) is 18.8. The minimum atomic E-state index is -1.06. The van der Waals surface area contributed by atoms with Crippen LogP contribution in [-0.4, -0.2) is 94.1 Å². The second-order valence-corrected chi connectivity index (χ2v) is 8.07. The largest absolute Gasteiger partial charge is 2.00 e. The number of aliphatic carboxylic acids is 2. The first-order chi connectivity index (χ1) is 10.4. The maximum Gasteiger partial charge on any atom is 2.00 e. The number of fused-ring (bicyclic) bond motifs is 2. The number of nitrogens with zero attached hydrogens (tertiary/aromatic N) is 2. The molecule has 0 spiro atoms. The zero-order valence-corrected chi connectivity index (χ0v) is 16.9. The Bertz CT molecular complexity index is 514. The summed E-state index contributed by atoms with van der Waals surface area (Å²) in [5, 5.41) is 19.9. The maximum atomic E-state index is 10.8. The predicted octanol–water partition coefficient (Wildman–Crippen LogP) is -3.56. The van der Waals surface area contributed by atoms with Crippen molar-refractivity contribution >= 4 is 73.5 Å². The Hall–Kier alpha value is -0.537. The summed E-state index contributed by atoms with van der Waals surface area (Å²) in [6.45, 7) is 0.660. The second kappa shape index (κ2) is 7.15. The van der Waals surface area contributed by atoms with Gasteiger partial charge >= 0.3 is 26.2 Å². The van der Waals surface area contributed by atoms with Gasteiger partial charge in [0.1, 0.15) is 0 Å². The van der Waals surface area contributed by atoms with Crippen LogP contribution in [0.1, 0.15) is 12.8 Å². The van der Waals surface area contributed by atoms with Crippen molar-refractivity contribution in [3.8, 4) is 0 Å². The van der Waals surface area contributed by atoms with Crippen molar-refractivity contribution in [2.75, 3.05) is 13.1 Å². The van der Waals surface area contributed by atoms with E-state index in [2.05, 4.69) is 0 Å². The minimum Gasteiger partial charge on any atom is -0.549 e. The predicted molar refractivity (Wildman–Crippen MR) is 78.8 cm³/mol. The molecule has 4 rings (SSSR count). The Morgan fingerprint density at radius 1 is 0.870 bits per heavy atom. The van der Waals surface area contributed by atoms with Crippen LogP contribution in [0.4, 0.5) is 0 Å². The van der Waals surface area contributed by atoms with E-state index in [9.17, 15) is 29.4 Å². The summed E-state index contributed by atoms with van der Waals surface area (Å²) in [7, 11) is 0. The van der Waals surface area contributed by atoms with E-state index >= 15 is 0 Å². The monoisotopic (exact) mass is 553 g/mol. The van der Waals surface area contributed by atoms with Crippen molar-refractivity contribution in [2.45, 2.75) is 34.1 Å². The van der Waals surface area contributed by atoms with Crippen LogP contribution in [0.25, 0.3) is 0 Å². The normalized spacial score (nSPS) is 33.4. The van der Waals surface area contributed by atoms with E-state index < -0.39 is 22.4 Å². The summed E-state index contributed by atoms with van der Waals surface area (Å²) in [5.74, 6) is -1.99. The fourth-order valence-electron chi connectivity index (χ4n) is 2.61. The molecule has 4 heterocycles. The quantitative estimate of drug-likeness (QED) is 0.255. The Balaban J connectivity index is 0.000000160. The number of carboxylic acid groups (broad SMARTS) is 2. The van der Waals surface area contributed by atoms with Gasteiger partial charge in [0.2, 0.25) is 11.8 Å². The summed E-state index contributed by atoms with van der Waals surface area (Å²) in [6, 6.07) is 0. The fraction of sp³-hybridized carbons (Fsp3) is 0.667. The summed E-state index contributed by atoms with van der Waals surface area (Å²) in [4.78, 5) is 45.5. The summed E-state index contributed by atoms with van der Waals surface area (Å²) >= 11 is 2.63. The molecule has 0 bridgehead atoms. The molecular weight excluding hydrogens is 541 g/mol. The van der Waals surface area contributed by atoms with Crippen LogP contribution in [0.3, 0.4) is 0 Å². The molecule has 4 atom stereocenters. The van der Waals surface area contributed by atoms with E-state index in [1.807, 2.05) is 0 Å². The fourth-order valence-corrected chi connectivity index (χ4v) is 5.27. The average Bonchev–Trinajstić information content (AvgIpc) is 2.96. The van der Waals surface area contributed by atoms with E-state index in [-0.39, 0.29) is 48.8 Å². The molecular formula is C12H12BiN2O6S2. The topological polar surface area (TPSA) is 121 Å². The van der Waals surface area contributed by atoms with Gasteiger partial charge in [0, 0.05) is 13.1 Å². The van der Waals surface area contributed by atoms with Gasteiger partial charge in [0.05, 0.1) is 46.0 Å².